The quantitative estimate of drug-likeness (QED) is 0.660. The van der Waals surface area contributed by atoms with E-state index in [1.54, 1.807) is 6.07 Å². The van der Waals surface area contributed by atoms with E-state index in [4.69, 9.17) is 10.2 Å². The number of hydrogen-bond donors (Lipinski definition) is 4. The Bertz CT molecular complexity index is 479. The predicted octanol–water partition coefficient (Wildman–Crippen LogP) is 1.71. The van der Waals surface area contributed by atoms with Crippen molar-refractivity contribution in [3.63, 3.8) is 0 Å². The van der Waals surface area contributed by atoms with Crippen molar-refractivity contribution >= 4 is 33.6 Å². The highest BCUT2D eigenvalue weighted by molar-refractivity contribution is 9.10. The molecule has 0 saturated heterocycles. The Labute approximate surface area is 118 Å². The van der Waals surface area contributed by atoms with Gasteiger partial charge in [-0.3, -0.25) is 0 Å². The highest BCUT2D eigenvalue weighted by Crippen LogP contribution is 2.23. The Morgan fingerprint density at radius 3 is 2.63 bits per heavy atom. The number of nitrogens with one attached hydrogen (secondary N) is 2. The van der Waals surface area contributed by atoms with E-state index < -0.39 is 18.0 Å². The van der Waals surface area contributed by atoms with Crippen LogP contribution >= 0.6 is 15.9 Å². The van der Waals surface area contributed by atoms with Gasteiger partial charge in [0.05, 0.1) is 5.69 Å². The zero-order chi connectivity index (χ0) is 14.4. The molecule has 0 heterocycles. The number of anilines is 1. The van der Waals surface area contributed by atoms with E-state index in [2.05, 4.69) is 26.6 Å². The van der Waals surface area contributed by atoms with Gasteiger partial charge in [0.1, 0.15) is 6.04 Å². The highest BCUT2D eigenvalue weighted by atomic mass is 79.9. The molecule has 1 rings (SSSR count). The van der Waals surface area contributed by atoms with Gasteiger partial charge in [0.2, 0.25) is 0 Å². The second-order valence-corrected chi connectivity index (χ2v) is 4.84. The molecule has 0 radical (unpaired) electrons. The molecular weight excluding hydrogens is 316 g/mol. The lowest BCUT2D eigenvalue weighted by Crippen LogP contribution is -2.43. The number of aryl methyl sites for hydroxylation is 1. The molecule has 0 aromatic heterocycles. The first-order valence-corrected chi connectivity index (χ1v) is 6.40. The normalized spacial score (nSPS) is 11.7. The van der Waals surface area contributed by atoms with E-state index in [0.717, 1.165) is 5.56 Å². The van der Waals surface area contributed by atoms with Gasteiger partial charge >= 0.3 is 12.0 Å². The summed E-state index contributed by atoms with van der Waals surface area (Å²) < 4.78 is 0.705. The zero-order valence-electron chi connectivity index (χ0n) is 10.3. The number of halogens is 1. The van der Waals surface area contributed by atoms with E-state index >= 15 is 0 Å². The first-order valence-electron chi connectivity index (χ1n) is 5.61. The molecule has 0 spiro atoms. The Hall–Kier alpha value is -1.60. The van der Waals surface area contributed by atoms with Crippen molar-refractivity contribution in [3.8, 4) is 0 Å². The summed E-state index contributed by atoms with van der Waals surface area (Å²) in [4.78, 5) is 22.5. The number of carbonyl (C=O) groups is 2. The molecule has 1 aromatic carbocycles. The standard InChI is InChI=1S/C12H15BrN2O4/c1-7-2-3-9(8(13)6-7)14-12(19)15-10(4-5-16)11(17)18/h2-3,6,10,16H,4-5H2,1H3,(H,17,18)(H2,14,15,19)/t10-/m0/s1. The van der Waals surface area contributed by atoms with Gasteiger partial charge in [0.15, 0.2) is 0 Å². The summed E-state index contributed by atoms with van der Waals surface area (Å²) in [6.45, 7) is 1.60. The number of aliphatic carboxylic acids is 1. The SMILES string of the molecule is Cc1ccc(NC(=O)N[C@@H](CCO)C(=O)O)c(Br)c1. The third kappa shape index (κ3) is 4.88. The number of rotatable bonds is 5. The minimum absolute atomic E-state index is 0.0438. The first-order chi connectivity index (χ1) is 8.93. The molecule has 104 valence electrons. The van der Waals surface area contributed by atoms with Gasteiger partial charge in [-0.15, -0.1) is 0 Å². The largest absolute Gasteiger partial charge is 0.480 e. The van der Waals surface area contributed by atoms with Crippen molar-refractivity contribution < 1.29 is 19.8 Å². The number of hydrogen-bond acceptors (Lipinski definition) is 3. The summed E-state index contributed by atoms with van der Waals surface area (Å²) in [6, 6.07) is 3.61. The molecule has 2 amide bonds. The monoisotopic (exact) mass is 330 g/mol. The van der Waals surface area contributed by atoms with Crippen molar-refractivity contribution in [1.29, 1.82) is 0 Å². The lowest BCUT2D eigenvalue weighted by Gasteiger charge is -2.14. The fourth-order valence-corrected chi connectivity index (χ4v) is 2.02. The molecule has 6 nitrogen and oxygen atoms in total. The Balaban J connectivity index is 2.66. The number of amides is 2. The average molecular weight is 331 g/mol. The van der Waals surface area contributed by atoms with E-state index in [1.165, 1.54) is 0 Å². The van der Waals surface area contributed by atoms with Crippen LogP contribution in [0.3, 0.4) is 0 Å². The summed E-state index contributed by atoms with van der Waals surface area (Å²) in [5.41, 5.74) is 1.57. The van der Waals surface area contributed by atoms with Gasteiger partial charge in [-0.05, 0) is 40.5 Å². The second-order valence-electron chi connectivity index (χ2n) is 3.98. The van der Waals surface area contributed by atoms with Gasteiger partial charge in [0.25, 0.3) is 0 Å². The number of carbonyl (C=O) groups excluding carboxylic acids is 1. The maximum atomic E-state index is 11.7. The summed E-state index contributed by atoms with van der Waals surface area (Å²) in [5, 5.41) is 22.4. The lowest BCUT2D eigenvalue weighted by atomic mass is 10.2. The molecule has 1 atom stereocenters. The minimum atomic E-state index is -1.19. The molecule has 0 saturated carbocycles. The average Bonchev–Trinajstić information content (AvgIpc) is 2.32. The molecule has 0 aliphatic rings. The van der Waals surface area contributed by atoms with Crippen molar-refractivity contribution in [2.75, 3.05) is 11.9 Å². The van der Waals surface area contributed by atoms with E-state index in [-0.39, 0.29) is 13.0 Å². The Morgan fingerprint density at radius 2 is 2.11 bits per heavy atom. The van der Waals surface area contributed by atoms with Crippen LogP contribution in [0.4, 0.5) is 10.5 Å². The van der Waals surface area contributed by atoms with E-state index in [9.17, 15) is 9.59 Å². The number of benzene rings is 1. The van der Waals surface area contributed by atoms with Gasteiger partial charge in [-0.2, -0.15) is 0 Å². The van der Waals surface area contributed by atoms with Crippen LogP contribution in [-0.2, 0) is 4.79 Å². The van der Waals surface area contributed by atoms with Gasteiger partial charge in [-0.25, -0.2) is 9.59 Å². The summed E-state index contributed by atoms with van der Waals surface area (Å²) in [5.74, 6) is -1.19. The fourth-order valence-electron chi connectivity index (χ4n) is 1.42. The third-order valence-corrected chi connectivity index (χ3v) is 3.05. The maximum Gasteiger partial charge on any atom is 0.326 e. The first kappa shape index (κ1) is 15.5. The summed E-state index contributed by atoms with van der Waals surface area (Å²) in [7, 11) is 0. The smallest absolute Gasteiger partial charge is 0.326 e. The van der Waals surface area contributed by atoms with E-state index in [1.807, 2.05) is 19.1 Å². The van der Waals surface area contributed by atoms with Crippen LogP contribution in [0.5, 0.6) is 0 Å². The van der Waals surface area contributed by atoms with Crippen molar-refractivity contribution in [3.05, 3.63) is 28.2 Å². The zero-order valence-corrected chi connectivity index (χ0v) is 11.9. The van der Waals surface area contributed by atoms with Crippen LogP contribution in [0.15, 0.2) is 22.7 Å². The van der Waals surface area contributed by atoms with Crippen LogP contribution in [0.25, 0.3) is 0 Å². The van der Waals surface area contributed by atoms with Crippen molar-refractivity contribution in [1.82, 2.24) is 5.32 Å². The fraction of sp³-hybridized carbons (Fsp3) is 0.333. The number of aliphatic hydroxyl groups excluding tert-OH is 1. The number of urea groups is 1. The van der Waals surface area contributed by atoms with Crippen molar-refractivity contribution in [2.45, 2.75) is 19.4 Å². The molecule has 0 fully saturated rings. The number of aliphatic hydroxyl groups is 1. The molecular formula is C12H15BrN2O4. The topological polar surface area (TPSA) is 98.7 Å². The number of carboxylic acid groups (broad SMARTS) is 1. The molecule has 0 bridgehead atoms. The molecule has 19 heavy (non-hydrogen) atoms. The van der Waals surface area contributed by atoms with Crippen molar-refractivity contribution in [2.24, 2.45) is 0 Å². The van der Waals surface area contributed by atoms with Crippen LogP contribution in [0.2, 0.25) is 0 Å². The van der Waals surface area contributed by atoms with Crippen LogP contribution in [-0.4, -0.2) is 34.9 Å². The lowest BCUT2D eigenvalue weighted by molar-refractivity contribution is -0.139. The predicted molar refractivity (Wildman–Crippen MR) is 74.2 cm³/mol. The maximum absolute atomic E-state index is 11.7. The highest BCUT2D eigenvalue weighted by Gasteiger charge is 2.19. The molecule has 0 aliphatic carbocycles. The van der Waals surface area contributed by atoms with Gasteiger partial charge < -0.3 is 20.8 Å². The molecule has 0 unspecified atom stereocenters. The van der Waals surface area contributed by atoms with Crippen LogP contribution in [0, 0.1) is 6.92 Å². The Morgan fingerprint density at radius 1 is 1.42 bits per heavy atom. The number of carboxylic acids is 1. The third-order valence-electron chi connectivity index (χ3n) is 2.39. The molecule has 0 aliphatic heterocycles. The van der Waals surface area contributed by atoms with Crippen LogP contribution in [0.1, 0.15) is 12.0 Å². The van der Waals surface area contributed by atoms with Gasteiger partial charge in [0, 0.05) is 17.5 Å². The molecule has 4 N–H and O–H groups in total. The second kappa shape index (κ2) is 7.10. The van der Waals surface area contributed by atoms with Crippen LogP contribution < -0.4 is 10.6 Å². The molecule has 1 aromatic rings. The van der Waals surface area contributed by atoms with Gasteiger partial charge in [-0.1, -0.05) is 6.07 Å². The summed E-state index contributed by atoms with van der Waals surface area (Å²) >= 11 is 3.30. The van der Waals surface area contributed by atoms with E-state index in [0.29, 0.717) is 10.2 Å². The Kier molecular flexibility index (Phi) is 5.78. The molecule has 7 heteroatoms. The summed E-state index contributed by atoms with van der Waals surface area (Å²) in [6.07, 6.45) is -0.0438. The minimum Gasteiger partial charge on any atom is -0.480 e.